The van der Waals surface area contributed by atoms with Gasteiger partial charge < -0.3 is 9.64 Å². The number of rotatable bonds is 6. The fourth-order valence-corrected chi connectivity index (χ4v) is 3.97. The van der Waals surface area contributed by atoms with Crippen LogP contribution in [0.3, 0.4) is 0 Å². The molecular formula is C20H21N5O2S. The van der Waals surface area contributed by atoms with Crippen LogP contribution in [0.4, 0.5) is 0 Å². The zero-order chi connectivity index (χ0) is 19.7. The number of para-hydroxylation sites is 1. The van der Waals surface area contributed by atoms with Crippen molar-refractivity contribution in [1.29, 1.82) is 0 Å². The van der Waals surface area contributed by atoms with Crippen LogP contribution in [0.1, 0.15) is 16.1 Å². The minimum atomic E-state index is -0.0286. The van der Waals surface area contributed by atoms with Gasteiger partial charge in [0.2, 0.25) is 0 Å². The molecule has 3 aromatic heterocycles. The molecule has 0 aliphatic heterocycles. The van der Waals surface area contributed by atoms with Gasteiger partial charge in [0.15, 0.2) is 4.96 Å². The van der Waals surface area contributed by atoms with Gasteiger partial charge in [-0.25, -0.2) is 4.98 Å². The molecule has 0 bridgehead atoms. The van der Waals surface area contributed by atoms with E-state index in [2.05, 4.69) is 10.1 Å². The Morgan fingerprint density at radius 2 is 2.11 bits per heavy atom. The SMILES string of the molecule is COc1ccccc1-c1cn2c(C(=O)N(C)CCc3cnn(C)c3)csc2n1. The lowest BCUT2D eigenvalue weighted by molar-refractivity contribution is 0.0790. The summed E-state index contributed by atoms with van der Waals surface area (Å²) < 4.78 is 9.06. The number of amides is 1. The van der Waals surface area contributed by atoms with Crippen LogP contribution in [0.15, 0.2) is 48.2 Å². The quantitative estimate of drug-likeness (QED) is 0.503. The summed E-state index contributed by atoms with van der Waals surface area (Å²) >= 11 is 1.46. The van der Waals surface area contributed by atoms with Gasteiger partial charge in [0.25, 0.3) is 5.91 Å². The first-order valence-electron chi connectivity index (χ1n) is 8.90. The molecule has 0 aliphatic rings. The summed E-state index contributed by atoms with van der Waals surface area (Å²) in [5, 5.41) is 6.03. The van der Waals surface area contributed by atoms with E-state index < -0.39 is 0 Å². The number of likely N-dealkylation sites (N-methyl/N-ethyl adjacent to an activating group) is 1. The number of ether oxygens (including phenoxy) is 1. The van der Waals surface area contributed by atoms with E-state index in [4.69, 9.17) is 4.74 Å². The van der Waals surface area contributed by atoms with Crippen molar-refractivity contribution in [2.75, 3.05) is 20.7 Å². The lowest BCUT2D eigenvalue weighted by Gasteiger charge is -2.16. The number of benzene rings is 1. The Hall–Kier alpha value is -3.13. The number of hydrogen-bond donors (Lipinski definition) is 0. The molecular weight excluding hydrogens is 374 g/mol. The van der Waals surface area contributed by atoms with E-state index in [9.17, 15) is 4.79 Å². The molecule has 4 rings (SSSR count). The molecule has 28 heavy (non-hydrogen) atoms. The van der Waals surface area contributed by atoms with Gasteiger partial charge >= 0.3 is 0 Å². The molecule has 0 radical (unpaired) electrons. The Bertz CT molecular complexity index is 1130. The van der Waals surface area contributed by atoms with Crippen LogP contribution >= 0.6 is 11.3 Å². The smallest absolute Gasteiger partial charge is 0.271 e. The van der Waals surface area contributed by atoms with Gasteiger partial charge in [0.1, 0.15) is 11.4 Å². The number of aryl methyl sites for hydroxylation is 1. The number of nitrogens with zero attached hydrogens (tertiary/aromatic N) is 5. The van der Waals surface area contributed by atoms with Crippen molar-refractivity contribution in [3.05, 3.63) is 59.5 Å². The van der Waals surface area contributed by atoms with Crippen LogP contribution in [-0.2, 0) is 13.5 Å². The molecule has 0 fully saturated rings. The van der Waals surface area contributed by atoms with Crippen LogP contribution in [0.25, 0.3) is 16.2 Å². The molecule has 1 amide bonds. The second-order valence-corrected chi connectivity index (χ2v) is 7.44. The van der Waals surface area contributed by atoms with Gasteiger partial charge in [0, 0.05) is 44.0 Å². The minimum Gasteiger partial charge on any atom is -0.496 e. The summed E-state index contributed by atoms with van der Waals surface area (Å²) in [4.78, 5) is 20.1. The molecule has 0 saturated carbocycles. The number of thiazole rings is 1. The molecule has 8 heteroatoms. The van der Waals surface area contributed by atoms with Gasteiger partial charge in [-0.1, -0.05) is 12.1 Å². The van der Waals surface area contributed by atoms with Crippen molar-refractivity contribution in [3.8, 4) is 17.0 Å². The van der Waals surface area contributed by atoms with E-state index in [0.29, 0.717) is 12.2 Å². The number of fused-ring (bicyclic) bond motifs is 1. The molecule has 0 atom stereocenters. The molecule has 144 valence electrons. The van der Waals surface area contributed by atoms with Crippen LogP contribution in [0.5, 0.6) is 5.75 Å². The van der Waals surface area contributed by atoms with Crippen molar-refractivity contribution in [1.82, 2.24) is 24.1 Å². The third-order valence-corrected chi connectivity index (χ3v) is 5.49. The zero-order valence-electron chi connectivity index (χ0n) is 16.0. The highest BCUT2D eigenvalue weighted by Crippen LogP contribution is 2.30. The van der Waals surface area contributed by atoms with Crippen LogP contribution < -0.4 is 4.74 Å². The van der Waals surface area contributed by atoms with Crippen LogP contribution in [0.2, 0.25) is 0 Å². The van der Waals surface area contributed by atoms with Gasteiger partial charge in [0.05, 0.1) is 19.0 Å². The summed E-state index contributed by atoms with van der Waals surface area (Å²) in [5.41, 5.74) is 3.42. The van der Waals surface area contributed by atoms with Crippen molar-refractivity contribution < 1.29 is 9.53 Å². The summed E-state index contributed by atoms with van der Waals surface area (Å²) in [6, 6.07) is 7.74. The molecule has 0 aliphatic carbocycles. The summed E-state index contributed by atoms with van der Waals surface area (Å²) in [5.74, 6) is 0.730. The lowest BCUT2D eigenvalue weighted by Crippen LogP contribution is -2.29. The molecule has 4 aromatic rings. The van der Waals surface area contributed by atoms with E-state index in [1.807, 2.05) is 66.7 Å². The first-order chi connectivity index (χ1) is 13.6. The monoisotopic (exact) mass is 395 g/mol. The van der Waals surface area contributed by atoms with Gasteiger partial charge in [-0.2, -0.15) is 5.10 Å². The number of aromatic nitrogens is 4. The first kappa shape index (κ1) is 18.2. The maximum Gasteiger partial charge on any atom is 0.271 e. The Morgan fingerprint density at radius 3 is 2.86 bits per heavy atom. The average Bonchev–Trinajstić information content (AvgIpc) is 3.41. The second kappa shape index (κ2) is 7.47. The number of carbonyl (C=O) groups is 1. The van der Waals surface area contributed by atoms with Crippen LogP contribution in [-0.4, -0.2) is 50.7 Å². The molecule has 7 nitrogen and oxygen atoms in total. The Morgan fingerprint density at radius 1 is 1.29 bits per heavy atom. The highest BCUT2D eigenvalue weighted by molar-refractivity contribution is 7.15. The van der Waals surface area contributed by atoms with Gasteiger partial charge in [-0.3, -0.25) is 13.9 Å². The van der Waals surface area contributed by atoms with Crippen molar-refractivity contribution in [2.45, 2.75) is 6.42 Å². The molecule has 0 saturated heterocycles. The van der Waals surface area contributed by atoms with Gasteiger partial charge in [-0.05, 0) is 24.1 Å². The standard InChI is InChI=1S/C20H21N5O2S/c1-23(9-8-14-10-21-24(2)11-14)19(26)17-13-28-20-22-16(12-25(17)20)15-6-4-5-7-18(15)27-3/h4-7,10-13H,8-9H2,1-3H3. The fraction of sp³-hybridized carbons (Fsp3) is 0.250. The lowest BCUT2D eigenvalue weighted by atomic mass is 10.1. The van der Waals surface area contributed by atoms with Gasteiger partial charge in [-0.15, -0.1) is 11.3 Å². The number of hydrogen-bond acceptors (Lipinski definition) is 5. The third kappa shape index (κ3) is 3.38. The summed E-state index contributed by atoms with van der Waals surface area (Å²) in [7, 11) is 5.35. The van der Waals surface area contributed by atoms with Crippen LogP contribution in [0, 0.1) is 0 Å². The second-order valence-electron chi connectivity index (χ2n) is 6.60. The molecule has 3 heterocycles. The van der Waals surface area contributed by atoms with E-state index in [0.717, 1.165) is 34.0 Å². The number of methoxy groups -OCH3 is 1. The summed E-state index contributed by atoms with van der Waals surface area (Å²) in [6.07, 6.45) is 6.46. The highest BCUT2D eigenvalue weighted by atomic mass is 32.1. The molecule has 0 spiro atoms. The third-order valence-electron chi connectivity index (χ3n) is 4.65. The maximum absolute atomic E-state index is 13.0. The highest BCUT2D eigenvalue weighted by Gasteiger charge is 2.19. The van der Waals surface area contributed by atoms with E-state index >= 15 is 0 Å². The molecule has 0 unspecified atom stereocenters. The normalized spacial score (nSPS) is 11.1. The number of carbonyl (C=O) groups excluding carboxylic acids is 1. The van der Waals surface area contributed by atoms with Crippen molar-refractivity contribution in [3.63, 3.8) is 0 Å². The minimum absolute atomic E-state index is 0.0286. The zero-order valence-corrected chi connectivity index (χ0v) is 16.8. The predicted molar refractivity (Wildman–Crippen MR) is 109 cm³/mol. The molecule has 1 aromatic carbocycles. The van der Waals surface area contributed by atoms with E-state index in [1.54, 1.807) is 16.7 Å². The first-order valence-corrected chi connectivity index (χ1v) is 9.77. The molecule has 0 N–H and O–H groups in total. The fourth-order valence-electron chi connectivity index (χ4n) is 3.12. The number of imidazole rings is 1. The van der Waals surface area contributed by atoms with Crippen molar-refractivity contribution >= 4 is 22.2 Å². The Kier molecular flexibility index (Phi) is 4.87. The largest absolute Gasteiger partial charge is 0.496 e. The maximum atomic E-state index is 13.0. The Labute approximate surface area is 166 Å². The topological polar surface area (TPSA) is 64.7 Å². The Balaban J connectivity index is 1.56. The van der Waals surface area contributed by atoms with Crippen molar-refractivity contribution in [2.24, 2.45) is 7.05 Å². The average molecular weight is 395 g/mol. The predicted octanol–water partition coefficient (Wildman–Crippen LogP) is 3.12. The van der Waals surface area contributed by atoms with E-state index in [-0.39, 0.29) is 5.91 Å². The van der Waals surface area contributed by atoms with E-state index in [1.165, 1.54) is 11.3 Å². The summed E-state index contributed by atoms with van der Waals surface area (Å²) in [6.45, 7) is 0.621.